The van der Waals surface area contributed by atoms with Crippen molar-refractivity contribution in [2.45, 2.75) is 56.5 Å². The van der Waals surface area contributed by atoms with Gasteiger partial charge in [0, 0.05) is 11.4 Å². The van der Waals surface area contributed by atoms with Crippen molar-refractivity contribution < 1.29 is 4.52 Å². The average Bonchev–Trinajstić information content (AvgIpc) is 3.24. The third-order valence-corrected chi connectivity index (χ3v) is 7.07. The number of thiophene rings is 1. The Morgan fingerprint density at radius 1 is 1.25 bits per heavy atom. The minimum atomic E-state index is 0.104. The smallest absolute Gasteiger partial charge is 0.263 e. The highest BCUT2D eigenvalue weighted by atomic mass is 32.2. The maximum atomic E-state index is 13.4. The van der Waals surface area contributed by atoms with Crippen molar-refractivity contribution >= 4 is 33.3 Å². The van der Waals surface area contributed by atoms with Crippen molar-refractivity contribution in [3.05, 3.63) is 32.5 Å². The number of rotatable bonds is 7. The van der Waals surface area contributed by atoms with Crippen LogP contribution in [0.25, 0.3) is 10.2 Å². The summed E-state index contributed by atoms with van der Waals surface area (Å²) in [6, 6.07) is 0. The molecule has 0 unspecified atom stereocenters. The molecule has 0 fully saturated rings. The van der Waals surface area contributed by atoms with Gasteiger partial charge in [-0.25, -0.2) is 4.98 Å². The van der Waals surface area contributed by atoms with Gasteiger partial charge in [0.05, 0.1) is 11.1 Å². The Bertz CT molecular complexity index is 1040. The van der Waals surface area contributed by atoms with E-state index in [2.05, 4.69) is 15.0 Å². The summed E-state index contributed by atoms with van der Waals surface area (Å²) in [5, 5.41) is 5.43. The number of hydrogen-bond acceptors (Lipinski definition) is 8. The predicted octanol–water partition coefficient (Wildman–Crippen LogP) is 3.27. The molecule has 0 aromatic carbocycles. The highest BCUT2D eigenvalue weighted by Gasteiger charge is 2.22. The van der Waals surface area contributed by atoms with Gasteiger partial charge in [-0.1, -0.05) is 16.9 Å². The molecule has 3 heterocycles. The number of aromatic nitrogens is 4. The molecule has 0 N–H and O–H groups in total. The van der Waals surface area contributed by atoms with Gasteiger partial charge < -0.3 is 9.42 Å². The topological polar surface area (TPSA) is 77.0 Å². The maximum absolute atomic E-state index is 13.4. The standard InChI is InChI=1S/C19H25N5O2S2/c1-12-20-15(26-22-12)11-27-19-21-17-16(13-7-4-5-8-14(13)28-17)18(25)24(19)10-6-9-23(2)3/h4-11H2,1-3H3. The van der Waals surface area contributed by atoms with Crippen molar-refractivity contribution in [1.29, 1.82) is 0 Å². The summed E-state index contributed by atoms with van der Waals surface area (Å²) in [6.07, 6.45) is 5.33. The lowest BCUT2D eigenvalue weighted by atomic mass is 9.97. The van der Waals surface area contributed by atoms with E-state index in [0.29, 0.717) is 24.0 Å². The van der Waals surface area contributed by atoms with Crippen LogP contribution in [-0.4, -0.2) is 45.2 Å². The largest absolute Gasteiger partial charge is 0.338 e. The lowest BCUT2D eigenvalue weighted by Gasteiger charge is -2.14. The normalized spacial score (nSPS) is 14.1. The van der Waals surface area contributed by atoms with Crippen LogP contribution >= 0.6 is 23.1 Å². The molecule has 7 nitrogen and oxygen atoms in total. The van der Waals surface area contributed by atoms with Gasteiger partial charge >= 0.3 is 0 Å². The van der Waals surface area contributed by atoms with Crippen LogP contribution < -0.4 is 5.56 Å². The van der Waals surface area contributed by atoms with Crippen molar-refractivity contribution in [2.75, 3.05) is 20.6 Å². The van der Waals surface area contributed by atoms with E-state index < -0.39 is 0 Å². The Kier molecular flexibility index (Phi) is 5.84. The van der Waals surface area contributed by atoms with E-state index in [-0.39, 0.29) is 5.56 Å². The molecular weight excluding hydrogens is 394 g/mol. The molecule has 0 bridgehead atoms. The van der Waals surface area contributed by atoms with Gasteiger partial charge in [-0.05, 0) is 65.2 Å². The fourth-order valence-electron chi connectivity index (χ4n) is 3.60. The van der Waals surface area contributed by atoms with E-state index in [1.165, 1.54) is 28.6 Å². The van der Waals surface area contributed by atoms with Crippen LogP contribution in [-0.2, 0) is 25.1 Å². The van der Waals surface area contributed by atoms with E-state index >= 15 is 0 Å². The number of nitrogens with zero attached hydrogens (tertiary/aromatic N) is 5. The van der Waals surface area contributed by atoms with Crippen molar-refractivity contribution in [1.82, 2.24) is 24.6 Å². The Balaban J connectivity index is 1.71. The number of aryl methyl sites for hydroxylation is 3. The maximum Gasteiger partial charge on any atom is 0.263 e. The summed E-state index contributed by atoms with van der Waals surface area (Å²) in [7, 11) is 4.10. The molecule has 1 aliphatic rings. The quantitative estimate of drug-likeness (QED) is 0.430. The molecule has 3 aromatic heterocycles. The van der Waals surface area contributed by atoms with Gasteiger partial charge in [-0.2, -0.15) is 4.98 Å². The van der Waals surface area contributed by atoms with Crippen molar-refractivity contribution in [3.63, 3.8) is 0 Å². The van der Waals surface area contributed by atoms with Gasteiger partial charge in [0.1, 0.15) is 4.83 Å². The Morgan fingerprint density at radius 3 is 2.82 bits per heavy atom. The molecule has 1 aliphatic carbocycles. The third kappa shape index (κ3) is 4.01. The van der Waals surface area contributed by atoms with Crippen LogP contribution in [0.2, 0.25) is 0 Å². The lowest BCUT2D eigenvalue weighted by molar-refractivity contribution is 0.379. The second kappa shape index (κ2) is 8.34. The summed E-state index contributed by atoms with van der Waals surface area (Å²) in [5.74, 6) is 1.69. The third-order valence-electron chi connectivity index (χ3n) is 4.92. The zero-order valence-corrected chi connectivity index (χ0v) is 18.2. The molecule has 0 saturated carbocycles. The first-order valence-electron chi connectivity index (χ1n) is 9.64. The second-order valence-corrected chi connectivity index (χ2v) is 9.45. The van der Waals surface area contributed by atoms with E-state index in [4.69, 9.17) is 9.51 Å². The first-order chi connectivity index (χ1) is 13.5. The van der Waals surface area contributed by atoms with Gasteiger partial charge in [0.25, 0.3) is 5.56 Å². The van der Waals surface area contributed by atoms with Crippen LogP contribution in [0.1, 0.15) is 41.4 Å². The van der Waals surface area contributed by atoms with Crippen LogP contribution in [0.15, 0.2) is 14.5 Å². The molecule has 0 radical (unpaired) electrons. The minimum absolute atomic E-state index is 0.104. The summed E-state index contributed by atoms with van der Waals surface area (Å²) >= 11 is 3.19. The van der Waals surface area contributed by atoms with E-state index in [1.807, 2.05) is 18.7 Å². The molecule has 0 amide bonds. The van der Waals surface area contributed by atoms with Crippen LogP contribution in [0.3, 0.4) is 0 Å². The highest BCUT2D eigenvalue weighted by molar-refractivity contribution is 7.98. The first kappa shape index (κ1) is 19.6. The first-order valence-corrected chi connectivity index (χ1v) is 11.4. The van der Waals surface area contributed by atoms with Crippen LogP contribution in [0.5, 0.6) is 0 Å². The molecule has 0 spiro atoms. The van der Waals surface area contributed by atoms with Crippen molar-refractivity contribution in [3.8, 4) is 0 Å². The molecule has 4 rings (SSSR count). The van der Waals surface area contributed by atoms with Gasteiger partial charge in [-0.3, -0.25) is 9.36 Å². The lowest BCUT2D eigenvalue weighted by Crippen LogP contribution is -2.25. The molecule has 150 valence electrons. The number of fused-ring (bicyclic) bond motifs is 3. The van der Waals surface area contributed by atoms with Crippen molar-refractivity contribution in [2.24, 2.45) is 0 Å². The highest BCUT2D eigenvalue weighted by Crippen LogP contribution is 2.35. The zero-order chi connectivity index (χ0) is 19.7. The SMILES string of the molecule is Cc1noc(CSc2nc3sc4c(c3c(=O)n2CCCN(C)C)CCCC4)n1. The fourth-order valence-corrected chi connectivity index (χ4v) is 5.76. The van der Waals surface area contributed by atoms with Gasteiger partial charge in [-0.15, -0.1) is 11.3 Å². The molecule has 0 saturated heterocycles. The number of hydrogen-bond donors (Lipinski definition) is 0. The average molecular weight is 420 g/mol. The minimum Gasteiger partial charge on any atom is -0.338 e. The molecule has 9 heteroatoms. The van der Waals surface area contributed by atoms with Crippen LogP contribution in [0.4, 0.5) is 0 Å². The zero-order valence-electron chi connectivity index (χ0n) is 16.5. The molecule has 0 aliphatic heterocycles. The number of thioether (sulfide) groups is 1. The van der Waals surface area contributed by atoms with Gasteiger partial charge in [0.15, 0.2) is 11.0 Å². The second-order valence-electron chi connectivity index (χ2n) is 7.42. The molecule has 3 aromatic rings. The van der Waals surface area contributed by atoms with E-state index in [1.54, 1.807) is 18.3 Å². The Hall–Kier alpha value is -1.71. The van der Waals surface area contributed by atoms with E-state index in [0.717, 1.165) is 47.6 Å². The van der Waals surface area contributed by atoms with Gasteiger partial charge in [0.2, 0.25) is 5.89 Å². The Morgan fingerprint density at radius 2 is 2.07 bits per heavy atom. The Labute approximate surface area is 172 Å². The van der Waals surface area contributed by atoms with Crippen LogP contribution in [0, 0.1) is 6.92 Å². The predicted molar refractivity (Wildman–Crippen MR) is 112 cm³/mol. The van der Waals surface area contributed by atoms with E-state index in [9.17, 15) is 4.79 Å². The summed E-state index contributed by atoms with van der Waals surface area (Å²) < 4.78 is 7.07. The molecule has 28 heavy (non-hydrogen) atoms. The monoisotopic (exact) mass is 419 g/mol. The summed E-state index contributed by atoms with van der Waals surface area (Å²) in [6.45, 7) is 3.39. The molecular formula is C19H25N5O2S2. The summed E-state index contributed by atoms with van der Waals surface area (Å²) in [5.41, 5.74) is 1.35. The summed E-state index contributed by atoms with van der Waals surface area (Å²) in [4.78, 5) is 27.0. The fraction of sp³-hybridized carbons (Fsp3) is 0.579. The molecule has 0 atom stereocenters.